The standard InChI is InChI=1S/C12H18N2S/c1-2-5-11(14-13)10-8-15-12-7-4-3-6-9(10)12/h3-4,6-7,10-11,14H,2,5,8,13H2,1H3. The van der Waals surface area contributed by atoms with Gasteiger partial charge in [0.1, 0.15) is 0 Å². The molecule has 1 aromatic carbocycles. The molecule has 2 nitrogen and oxygen atoms in total. The van der Waals surface area contributed by atoms with Crippen molar-refractivity contribution in [3.8, 4) is 0 Å². The zero-order valence-corrected chi connectivity index (χ0v) is 9.89. The lowest BCUT2D eigenvalue weighted by Crippen LogP contribution is -2.39. The molecule has 0 amide bonds. The van der Waals surface area contributed by atoms with E-state index in [0.717, 1.165) is 12.2 Å². The Balaban J connectivity index is 2.18. The maximum atomic E-state index is 5.64. The molecule has 2 atom stereocenters. The molecule has 0 aromatic heterocycles. The van der Waals surface area contributed by atoms with E-state index in [9.17, 15) is 0 Å². The molecule has 0 saturated heterocycles. The van der Waals surface area contributed by atoms with Gasteiger partial charge in [0.05, 0.1) is 0 Å². The lowest BCUT2D eigenvalue weighted by atomic mass is 9.91. The van der Waals surface area contributed by atoms with Crippen molar-refractivity contribution in [1.29, 1.82) is 0 Å². The third-order valence-corrected chi connectivity index (χ3v) is 4.24. The smallest absolute Gasteiger partial charge is 0.0287 e. The second kappa shape index (κ2) is 5.01. The largest absolute Gasteiger partial charge is 0.271 e. The van der Waals surface area contributed by atoms with E-state index < -0.39 is 0 Å². The number of nitrogens with two attached hydrogens (primary N) is 1. The van der Waals surface area contributed by atoms with E-state index in [0.29, 0.717) is 12.0 Å². The Bertz CT molecular complexity index is 327. The fourth-order valence-corrected chi connectivity index (χ4v) is 3.56. The van der Waals surface area contributed by atoms with Gasteiger partial charge in [-0.1, -0.05) is 31.5 Å². The zero-order chi connectivity index (χ0) is 10.7. The quantitative estimate of drug-likeness (QED) is 0.607. The molecule has 0 fully saturated rings. The van der Waals surface area contributed by atoms with Crippen molar-refractivity contribution in [2.24, 2.45) is 5.84 Å². The van der Waals surface area contributed by atoms with E-state index >= 15 is 0 Å². The lowest BCUT2D eigenvalue weighted by Gasteiger charge is -2.22. The van der Waals surface area contributed by atoms with Gasteiger partial charge in [0, 0.05) is 22.6 Å². The third-order valence-electron chi connectivity index (χ3n) is 3.04. The highest BCUT2D eigenvalue weighted by Crippen LogP contribution is 2.41. The van der Waals surface area contributed by atoms with Crippen LogP contribution in [-0.4, -0.2) is 11.8 Å². The summed E-state index contributed by atoms with van der Waals surface area (Å²) in [5.41, 5.74) is 4.44. The maximum absolute atomic E-state index is 5.64. The highest BCUT2D eigenvalue weighted by Gasteiger charge is 2.28. The minimum Gasteiger partial charge on any atom is -0.271 e. The Morgan fingerprint density at radius 1 is 1.53 bits per heavy atom. The molecule has 1 aliphatic rings. The summed E-state index contributed by atoms with van der Waals surface area (Å²) in [6.45, 7) is 2.21. The first-order valence-electron chi connectivity index (χ1n) is 5.54. The minimum absolute atomic E-state index is 0.422. The Hall–Kier alpha value is -0.510. The van der Waals surface area contributed by atoms with Crippen LogP contribution >= 0.6 is 11.8 Å². The topological polar surface area (TPSA) is 38.0 Å². The molecule has 15 heavy (non-hydrogen) atoms. The van der Waals surface area contributed by atoms with Crippen LogP contribution in [0, 0.1) is 0 Å². The average Bonchev–Trinajstić information content (AvgIpc) is 2.70. The number of nitrogens with one attached hydrogen (secondary N) is 1. The molecule has 1 aliphatic heterocycles. The van der Waals surface area contributed by atoms with E-state index in [1.165, 1.54) is 16.9 Å². The van der Waals surface area contributed by atoms with Gasteiger partial charge in [-0.15, -0.1) is 11.8 Å². The van der Waals surface area contributed by atoms with Crippen molar-refractivity contribution < 1.29 is 0 Å². The summed E-state index contributed by atoms with van der Waals surface area (Å²) in [5, 5.41) is 0. The van der Waals surface area contributed by atoms with Gasteiger partial charge in [0.15, 0.2) is 0 Å². The van der Waals surface area contributed by atoms with Crippen LogP contribution in [0.25, 0.3) is 0 Å². The molecule has 0 aliphatic carbocycles. The van der Waals surface area contributed by atoms with Gasteiger partial charge in [-0.3, -0.25) is 11.3 Å². The van der Waals surface area contributed by atoms with E-state index in [-0.39, 0.29) is 0 Å². The van der Waals surface area contributed by atoms with Gasteiger partial charge in [-0.05, 0) is 18.1 Å². The second-order valence-corrected chi connectivity index (χ2v) is 5.08. The van der Waals surface area contributed by atoms with Crippen molar-refractivity contribution >= 4 is 11.8 Å². The third kappa shape index (κ3) is 2.19. The van der Waals surface area contributed by atoms with E-state index in [1.54, 1.807) is 0 Å². The van der Waals surface area contributed by atoms with Crippen molar-refractivity contribution in [3.05, 3.63) is 29.8 Å². The predicted molar refractivity (Wildman–Crippen MR) is 65.9 cm³/mol. The van der Waals surface area contributed by atoms with Crippen molar-refractivity contribution in [3.63, 3.8) is 0 Å². The fraction of sp³-hybridized carbons (Fsp3) is 0.500. The average molecular weight is 222 g/mol. The van der Waals surface area contributed by atoms with Gasteiger partial charge >= 0.3 is 0 Å². The number of hydrogen-bond donors (Lipinski definition) is 2. The lowest BCUT2D eigenvalue weighted by molar-refractivity contribution is 0.434. The SMILES string of the molecule is CCCC(NN)C1CSc2ccccc21. The summed E-state index contributed by atoms with van der Waals surface area (Å²) >= 11 is 1.95. The minimum atomic E-state index is 0.422. The Kier molecular flexibility index (Phi) is 3.67. The van der Waals surface area contributed by atoms with Crippen LogP contribution in [0.15, 0.2) is 29.2 Å². The molecule has 2 rings (SSSR count). The number of hydrogen-bond acceptors (Lipinski definition) is 3. The summed E-state index contributed by atoms with van der Waals surface area (Å²) in [6.07, 6.45) is 2.33. The number of hydrazine groups is 1. The van der Waals surface area contributed by atoms with Crippen LogP contribution in [-0.2, 0) is 0 Å². The van der Waals surface area contributed by atoms with Gasteiger partial charge in [-0.2, -0.15) is 0 Å². The van der Waals surface area contributed by atoms with Gasteiger partial charge < -0.3 is 0 Å². The van der Waals surface area contributed by atoms with Crippen LogP contribution < -0.4 is 11.3 Å². The number of benzene rings is 1. The molecular weight excluding hydrogens is 204 g/mol. The zero-order valence-electron chi connectivity index (χ0n) is 9.07. The first-order chi connectivity index (χ1) is 7.36. The summed E-state index contributed by atoms with van der Waals surface area (Å²) in [5.74, 6) is 7.38. The van der Waals surface area contributed by atoms with E-state index in [4.69, 9.17) is 5.84 Å². The summed E-state index contributed by atoms with van der Waals surface area (Å²) in [6, 6.07) is 9.10. The Morgan fingerprint density at radius 2 is 2.33 bits per heavy atom. The van der Waals surface area contributed by atoms with Crippen molar-refractivity contribution in [2.75, 3.05) is 5.75 Å². The summed E-state index contributed by atoms with van der Waals surface area (Å²) < 4.78 is 0. The Morgan fingerprint density at radius 3 is 3.07 bits per heavy atom. The molecule has 3 heteroatoms. The predicted octanol–water partition coefficient (Wildman–Crippen LogP) is 2.51. The molecule has 0 bridgehead atoms. The van der Waals surface area contributed by atoms with Crippen LogP contribution in [0.1, 0.15) is 31.2 Å². The summed E-state index contributed by atoms with van der Waals surface area (Å²) in [4.78, 5) is 1.43. The first-order valence-corrected chi connectivity index (χ1v) is 6.53. The van der Waals surface area contributed by atoms with Crippen LogP contribution in [0.2, 0.25) is 0 Å². The number of thioether (sulfide) groups is 1. The molecule has 0 radical (unpaired) electrons. The highest BCUT2D eigenvalue weighted by molar-refractivity contribution is 7.99. The van der Waals surface area contributed by atoms with Crippen LogP contribution in [0.5, 0.6) is 0 Å². The fourth-order valence-electron chi connectivity index (χ4n) is 2.23. The maximum Gasteiger partial charge on any atom is 0.0287 e. The van der Waals surface area contributed by atoms with E-state index in [2.05, 4.69) is 36.6 Å². The second-order valence-electron chi connectivity index (χ2n) is 4.02. The van der Waals surface area contributed by atoms with Crippen molar-refractivity contribution in [1.82, 2.24) is 5.43 Å². The normalized spacial score (nSPS) is 21.3. The van der Waals surface area contributed by atoms with Crippen molar-refractivity contribution in [2.45, 2.75) is 36.6 Å². The molecule has 1 aromatic rings. The first kappa shape index (κ1) is 11.0. The Labute approximate surface area is 95.6 Å². The molecular formula is C12H18N2S. The molecule has 0 spiro atoms. The number of fused-ring (bicyclic) bond motifs is 1. The van der Waals surface area contributed by atoms with Gasteiger partial charge in [0.25, 0.3) is 0 Å². The number of rotatable bonds is 4. The van der Waals surface area contributed by atoms with Crippen LogP contribution in [0.3, 0.4) is 0 Å². The summed E-state index contributed by atoms with van der Waals surface area (Å²) in [7, 11) is 0. The molecule has 0 saturated carbocycles. The molecule has 1 heterocycles. The van der Waals surface area contributed by atoms with Crippen LogP contribution in [0.4, 0.5) is 0 Å². The molecule has 3 N–H and O–H groups in total. The molecule has 82 valence electrons. The van der Waals surface area contributed by atoms with E-state index in [1.807, 2.05) is 11.8 Å². The monoisotopic (exact) mass is 222 g/mol. The van der Waals surface area contributed by atoms with Gasteiger partial charge in [-0.25, -0.2) is 0 Å². The van der Waals surface area contributed by atoms with Gasteiger partial charge in [0.2, 0.25) is 0 Å². The highest BCUT2D eigenvalue weighted by atomic mass is 32.2. The molecule has 2 unspecified atom stereocenters.